The van der Waals surface area contributed by atoms with Crippen molar-refractivity contribution in [2.24, 2.45) is 0 Å². The molecule has 0 unspecified atom stereocenters. The maximum atomic E-state index is 3.71. The Labute approximate surface area is 105 Å². The number of piperazine rings is 1. The highest BCUT2D eigenvalue weighted by Crippen LogP contribution is 2.28. The molecular weight excluding hydrogens is 208 g/mol. The minimum Gasteiger partial charge on any atom is -0.368 e. The summed E-state index contributed by atoms with van der Waals surface area (Å²) in [6, 6.07) is 8.66. The zero-order valence-corrected chi connectivity index (χ0v) is 11.7. The van der Waals surface area contributed by atoms with Gasteiger partial charge in [-0.2, -0.15) is 0 Å². The van der Waals surface area contributed by atoms with Crippen LogP contribution < -0.4 is 10.2 Å². The van der Waals surface area contributed by atoms with Crippen LogP contribution in [0.3, 0.4) is 0 Å². The normalized spacial score (nSPS) is 22.5. The van der Waals surface area contributed by atoms with Gasteiger partial charge in [0.15, 0.2) is 0 Å². The Morgan fingerprint density at radius 3 is 2.06 bits per heavy atom. The van der Waals surface area contributed by atoms with E-state index in [1.165, 1.54) is 11.3 Å². The van der Waals surface area contributed by atoms with Gasteiger partial charge in [-0.3, -0.25) is 0 Å². The summed E-state index contributed by atoms with van der Waals surface area (Å²) >= 11 is 0. The molecule has 2 rings (SSSR count). The van der Waals surface area contributed by atoms with Crippen molar-refractivity contribution in [2.75, 3.05) is 18.0 Å². The van der Waals surface area contributed by atoms with Crippen LogP contribution in [0.2, 0.25) is 0 Å². The van der Waals surface area contributed by atoms with Crippen molar-refractivity contribution >= 4 is 5.69 Å². The number of rotatable bonds is 1. The van der Waals surface area contributed by atoms with Crippen molar-refractivity contribution in [1.82, 2.24) is 5.32 Å². The van der Waals surface area contributed by atoms with Crippen molar-refractivity contribution in [1.29, 1.82) is 0 Å². The van der Waals surface area contributed by atoms with Gasteiger partial charge in [-0.15, -0.1) is 0 Å². The summed E-state index contributed by atoms with van der Waals surface area (Å²) < 4.78 is 0. The van der Waals surface area contributed by atoms with Crippen LogP contribution in [0.4, 0.5) is 5.69 Å². The Hall–Kier alpha value is -1.02. The van der Waals surface area contributed by atoms with Gasteiger partial charge in [0.25, 0.3) is 0 Å². The number of nitrogens with zero attached hydrogens (tertiary/aromatic N) is 1. The molecule has 1 aromatic carbocycles. The molecular formula is C15H24N2. The molecule has 0 radical (unpaired) electrons. The molecule has 1 aliphatic rings. The molecule has 2 heteroatoms. The van der Waals surface area contributed by atoms with E-state index in [2.05, 4.69) is 69.1 Å². The first-order valence-corrected chi connectivity index (χ1v) is 6.39. The zero-order valence-electron chi connectivity index (χ0n) is 11.7. The lowest BCUT2D eigenvalue weighted by atomic mass is 9.90. The van der Waals surface area contributed by atoms with Gasteiger partial charge in [0.05, 0.1) is 0 Å². The first kappa shape index (κ1) is 12.4. The van der Waals surface area contributed by atoms with Crippen LogP contribution in [0, 0.1) is 6.92 Å². The molecule has 0 aliphatic carbocycles. The fourth-order valence-corrected chi connectivity index (χ4v) is 3.09. The molecule has 0 bridgehead atoms. The fourth-order valence-electron chi connectivity index (χ4n) is 3.09. The van der Waals surface area contributed by atoms with Gasteiger partial charge in [0, 0.05) is 29.9 Å². The molecule has 1 fully saturated rings. The van der Waals surface area contributed by atoms with E-state index in [9.17, 15) is 0 Å². The Balaban J connectivity index is 2.30. The van der Waals surface area contributed by atoms with Crippen LogP contribution in [0.25, 0.3) is 0 Å². The third kappa shape index (κ3) is 2.81. The van der Waals surface area contributed by atoms with Crippen LogP contribution >= 0.6 is 0 Å². The summed E-state index contributed by atoms with van der Waals surface area (Å²) in [5, 5.41) is 3.71. The van der Waals surface area contributed by atoms with Gasteiger partial charge < -0.3 is 10.2 Å². The largest absolute Gasteiger partial charge is 0.368 e. The van der Waals surface area contributed by atoms with Crippen LogP contribution in [0.1, 0.15) is 33.3 Å². The summed E-state index contributed by atoms with van der Waals surface area (Å²) in [6.45, 7) is 13.4. The van der Waals surface area contributed by atoms with E-state index in [0.717, 1.165) is 13.1 Å². The maximum Gasteiger partial charge on any atom is 0.0397 e. The second-order valence-electron chi connectivity index (χ2n) is 6.54. The highest BCUT2D eigenvalue weighted by Gasteiger charge is 2.36. The average Bonchev–Trinajstić information content (AvgIpc) is 2.13. The SMILES string of the molecule is Cc1ccccc1N1CC(C)(C)NC(C)(C)C1. The molecule has 94 valence electrons. The Morgan fingerprint density at radius 2 is 1.53 bits per heavy atom. The van der Waals surface area contributed by atoms with Crippen molar-refractivity contribution in [3.8, 4) is 0 Å². The summed E-state index contributed by atoms with van der Waals surface area (Å²) in [5.74, 6) is 0. The van der Waals surface area contributed by atoms with E-state index in [-0.39, 0.29) is 11.1 Å². The molecule has 0 amide bonds. The van der Waals surface area contributed by atoms with Crippen molar-refractivity contribution in [2.45, 2.75) is 45.7 Å². The van der Waals surface area contributed by atoms with E-state index < -0.39 is 0 Å². The number of anilines is 1. The highest BCUT2D eigenvalue weighted by atomic mass is 15.3. The molecule has 0 saturated carbocycles. The van der Waals surface area contributed by atoms with Crippen LogP contribution in [-0.4, -0.2) is 24.2 Å². The first-order chi connectivity index (χ1) is 7.79. The standard InChI is InChI=1S/C15H24N2/c1-12-8-6-7-9-13(12)17-10-14(2,3)16-15(4,5)11-17/h6-9,16H,10-11H2,1-5H3. The number of benzene rings is 1. The minimum absolute atomic E-state index is 0.157. The summed E-state index contributed by atoms with van der Waals surface area (Å²) in [6.07, 6.45) is 0. The molecule has 1 saturated heterocycles. The Morgan fingerprint density at radius 1 is 1.00 bits per heavy atom. The molecule has 0 aromatic heterocycles. The molecule has 1 heterocycles. The highest BCUT2D eigenvalue weighted by molar-refractivity contribution is 5.54. The second kappa shape index (κ2) is 4.02. The monoisotopic (exact) mass is 232 g/mol. The lowest BCUT2D eigenvalue weighted by Gasteiger charge is -2.49. The summed E-state index contributed by atoms with van der Waals surface area (Å²) in [4.78, 5) is 2.51. The van der Waals surface area contributed by atoms with Crippen molar-refractivity contribution in [3.63, 3.8) is 0 Å². The third-order valence-corrected chi connectivity index (χ3v) is 3.31. The molecule has 1 aromatic rings. The number of aryl methyl sites for hydroxylation is 1. The van der Waals surface area contributed by atoms with E-state index in [1.807, 2.05) is 0 Å². The zero-order chi connectivity index (χ0) is 12.7. The number of para-hydroxylation sites is 1. The van der Waals surface area contributed by atoms with Gasteiger partial charge in [0.1, 0.15) is 0 Å². The average molecular weight is 232 g/mol. The predicted molar refractivity (Wildman–Crippen MR) is 74.7 cm³/mol. The fraction of sp³-hybridized carbons (Fsp3) is 0.600. The number of hydrogen-bond donors (Lipinski definition) is 1. The van der Waals surface area contributed by atoms with Crippen LogP contribution in [0.5, 0.6) is 0 Å². The smallest absolute Gasteiger partial charge is 0.0397 e. The Bertz CT molecular complexity index is 391. The van der Waals surface area contributed by atoms with Gasteiger partial charge >= 0.3 is 0 Å². The van der Waals surface area contributed by atoms with E-state index in [0.29, 0.717) is 0 Å². The van der Waals surface area contributed by atoms with Crippen molar-refractivity contribution in [3.05, 3.63) is 29.8 Å². The van der Waals surface area contributed by atoms with Crippen LogP contribution in [-0.2, 0) is 0 Å². The lowest BCUT2D eigenvalue weighted by Crippen LogP contribution is -2.67. The molecule has 1 aliphatic heterocycles. The lowest BCUT2D eigenvalue weighted by molar-refractivity contribution is 0.226. The maximum absolute atomic E-state index is 3.71. The summed E-state index contributed by atoms with van der Waals surface area (Å²) in [7, 11) is 0. The number of nitrogens with one attached hydrogen (secondary N) is 1. The predicted octanol–water partition coefficient (Wildman–Crippen LogP) is 2.96. The van der Waals surface area contributed by atoms with Gasteiger partial charge in [0.2, 0.25) is 0 Å². The van der Waals surface area contributed by atoms with E-state index in [1.54, 1.807) is 0 Å². The molecule has 2 nitrogen and oxygen atoms in total. The van der Waals surface area contributed by atoms with Crippen LogP contribution in [0.15, 0.2) is 24.3 Å². The quantitative estimate of drug-likeness (QED) is 0.801. The molecule has 0 spiro atoms. The molecule has 1 N–H and O–H groups in total. The third-order valence-electron chi connectivity index (χ3n) is 3.31. The summed E-state index contributed by atoms with van der Waals surface area (Å²) in [5.41, 5.74) is 3.05. The first-order valence-electron chi connectivity index (χ1n) is 6.39. The van der Waals surface area contributed by atoms with Crippen molar-refractivity contribution < 1.29 is 0 Å². The van der Waals surface area contributed by atoms with E-state index >= 15 is 0 Å². The Kier molecular flexibility index (Phi) is 2.94. The molecule has 0 atom stereocenters. The second-order valence-corrected chi connectivity index (χ2v) is 6.54. The topological polar surface area (TPSA) is 15.3 Å². The van der Waals surface area contributed by atoms with Gasteiger partial charge in [-0.25, -0.2) is 0 Å². The molecule has 17 heavy (non-hydrogen) atoms. The van der Waals surface area contributed by atoms with E-state index in [4.69, 9.17) is 0 Å². The van der Waals surface area contributed by atoms with Gasteiger partial charge in [-0.05, 0) is 46.2 Å². The minimum atomic E-state index is 0.157. The van der Waals surface area contributed by atoms with Gasteiger partial charge in [-0.1, -0.05) is 18.2 Å². The number of hydrogen-bond acceptors (Lipinski definition) is 2.